The van der Waals surface area contributed by atoms with E-state index in [0.717, 1.165) is 0 Å². The van der Waals surface area contributed by atoms with Crippen LogP contribution < -0.4 is 11.1 Å². The maximum absolute atomic E-state index is 11.6. The summed E-state index contributed by atoms with van der Waals surface area (Å²) in [5, 5.41) is 11.0. The zero-order valence-corrected chi connectivity index (χ0v) is 10.1. The highest BCUT2D eigenvalue weighted by Gasteiger charge is 2.22. The van der Waals surface area contributed by atoms with E-state index in [0.29, 0.717) is 5.56 Å². The van der Waals surface area contributed by atoms with Gasteiger partial charge in [-0.1, -0.05) is 18.2 Å². The molecule has 0 heterocycles. The number of amides is 2. The van der Waals surface area contributed by atoms with Crippen molar-refractivity contribution < 1.29 is 19.5 Å². The lowest BCUT2D eigenvalue weighted by Gasteiger charge is -2.12. The van der Waals surface area contributed by atoms with Gasteiger partial charge in [-0.25, -0.2) is 4.79 Å². The van der Waals surface area contributed by atoms with Crippen LogP contribution in [0.4, 0.5) is 0 Å². The van der Waals surface area contributed by atoms with Crippen LogP contribution in [0, 0.1) is 0 Å². The first-order valence-electron chi connectivity index (χ1n) is 4.87. The summed E-state index contributed by atoms with van der Waals surface area (Å²) in [6.07, 6.45) is -0.437. The van der Waals surface area contributed by atoms with E-state index in [1.807, 2.05) is 0 Å². The molecule has 1 aromatic carbocycles. The minimum Gasteiger partial charge on any atom is -0.480 e. The van der Waals surface area contributed by atoms with Crippen molar-refractivity contribution in [1.29, 1.82) is 0 Å². The summed E-state index contributed by atoms with van der Waals surface area (Å²) in [5.74, 6) is -2.64. The molecule has 0 radical (unpaired) electrons. The fourth-order valence-electron chi connectivity index (χ4n) is 1.23. The van der Waals surface area contributed by atoms with Crippen LogP contribution in [0.3, 0.4) is 0 Å². The fraction of sp³-hybridized carbons (Fsp3) is 0.182. The number of carboxylic acid groups (broad SMARTS) is 1. The van der Waals surface area contributed by atoms with Crippen molar-refractivity contribution in [2.45, 2.75) is 12.5 Å². The third kappa shape index (κ3) is 4.84. The van der Waals surface area contributed by atoms with Gasteiger partial charge in [0.25, 0.3) is 5.91 Å². The Hall–Kier alpha value is -2.08. The molecule has 0 saturated carbocycles. The molecule has 1 unspecified atom stereocenters. The predicted molar refractivity (Wildman–Crippen MR) is 66.4 cm³/mol. The molecule has 0 bridgehead atoms. The molecular weight excluding hydrogens is 260 g/mol. The maximum Gasteiger partial charge on any atom is 0.326 e. The molecule has 0 aliphatic rings. The van der Waals surface area contributed by atoms with Gasteiger partial charge in [-0.2, -0.15) is 0 Å². The van der Waals surface area contributed by atoms with Crippen molar-refractivity contribution >= 4 is 30.2 Å². The quantitative estimate of drug-likeness (QED) is 0.709. The SMILES string of the molecule is Cl.NC(=O)CC(NC(=O)c1ccccc1)C(=O)O. The van der Waals surface area contributed by atoms with Gasteiger partial charge in [-0.3, -0.25) is 9.59 Å². The number of carboxylic acids is 1. The summed E-state index contributed by atoms with van der Waals surface area (Å²) in [7, 11) is 0. The van der Waals surface area contributed by atoms with Crippen molar-refractivity contribution in [3.05, 3.63) is 35.9 Å². The first-order valence-corrected chi connectivity index (χ1v) is 4.87. The van der Waals surface area contributed by atoms with E-state index >= 15 is 0 Å². The van der Waals surface area contributed by atoms with Crippen LogP contribution in [0.1, 0.15) is 16.8 Å². The third-order valence-electron chi connectivity index (χ3n) is 2.04. The second-order valence-electron chi connectivity index (χ2n) is 3.40. The Labute approximate surface area is 110 Å². The number of benzene rings is 1. The highest BCUT2D eigenvalue weighted by molar-refractivity contribution is 5.97. The van der Waals surface area contributed by atoms with Crippen molar-refractivity contribution in [1.82, 2.24) is 5.32 Å². The molecule has 0 spiro atoms. The standard InChI is InChI=1S/C11H12N2O4.ClH/c12-9(14)6-8(11(16)17)13-10(15)7-4-2-1-3-5-7;/h1-5,8H,6H2,(H2,12,14)(H,13,15)(H,16,17);1H. The van der Waals surface area contributed by atoms with Gasteiger partial charge in [0.05, 0.1) is 6.42 Å². The third-order valence-corrected chi connectivity index (χ3v) is 2.04. The number of hydrogen-bond acceptors (Lipinski definition) is 3. The predicted octanol–water partition coefficient (Wildman–Crippen LogP) is 0.167. The molecule has 98 valence electrons. The Balaban J connectivity index is 0.00000289. The van der Waals surface area contributed by atoms with Crippen LogP contribution in [-0.4, -0.2) is 28.9 Å². The summed E-state index contributed by atoms with van der Waals surface area (Å²) in [5.41, 5.74) is 5.21. The Kier molecular flexibility index (Phi) is 6.44. The molecule has 1 aromatic rings. The van der Waals surface area contributed by atoms with Crippen LogP contribution in [0.25, 0.3) is 0 Å². The molecular formula is C11H13ClN2O4. The Morgan fingerprint density at radius 3 is 2.22 bits per heavy atom. The van der Waals surface area contributed by atoms with Crippen LogP contribution in [0.2, 0.25) is 0 Å². The number of carbonyl (C=O) groups excluding carboxylic acids is 2. The van der Waals surface area contributed by atoms with Gasteiger partial charge in [0.2, 0.25) is 5.91 Å². The first kappa shape index (κ1) is 15.9. The Morgan fingerprint density at radius 2 is 1.78 bits per heavy atom. The van der Waals surface area contributed by atoms with Crippen molar-refractivity contribution in [2.75, 3.05) is 0 Å². The van der Waals surface area contributed by atoms with E-state index in [1.54, 1.807) is 30.3 Å². The van der Waals surface area contributed by atoms with E-state index < -0.39 is 30.2 Å². The van der Waals surface area contributed by atoms with Gasteiger partial charge < -0.3 is 16.2 Å². The number of aliphatic carboxylic acids is 1. The minimum atomic E-state index is -1.31. The summed E-state index contributed by atoms with van der Waals surface area (Å²) >= 11 is 0. The lowest BCUT2D eigenvalue weighted by Crippen LogP contribution is -2.43. The highest BCUT2D eigenvalue weighted by atomic mass is 35.5. The molecule has 6 nitrogen and oxygen atoms in total. The van der Waals surface area contributed by atoms with Gasteiger partial charge >= 0.3 is 5.97 Å². The fourth-order valence-corrected chi connectivity index (χ4v) is 1.23. The zero-order valence-electron chi connectivity index (χ0n) is 9.33. The highest BCUT2D eigenvalue weighted by Crippen LogP contribution is 2.00. The average molecular weight is 273 g/mol. The Morgan fingerprint density at radius 1 is 1.22 bits per heavy atom. The van der Waals surface area contributed by atoms with Crippen molar-refractivity contribution in [2.24, 2.45) is 5.73 Å². The summed E-state index contributed by atoms with van der Waals surface area (Å²) in [6.45, 7) is 0. The average Bonchev–Trinajstić information content (AvgIpc) is 2.28. The second kappa shape index (κ2) is 7.29. The normalized spacial score (nSPS) is 10.9. The lowest BCUT2D eigenvalue weighted by molar-refractivity contribution is -0.140. The molecule has 0 saturated heterocycles. The zero-order chi connectivity index (χ0) is 12.8. The number of nitrogens with one attached hydrogen (secondary N) is 1. The smallest absolute Gasteiger partial charge is 0.326 e. The molecule has 0 aliphatic heterocycles. The van der Waals surface area contributed by atoms with Crippen LogP contribution >= 0.6 is 12.4 Å². The van der Waals surface area contributed by atoms with E-state index in [2.05, 4.69) is 5.32 Å². The first-order chi connectivity index (χ1) is 8.00. The monoisotopic (exact) mass is 272 g/mol. The molecule has 0 aromatic heterocycles. The topological polar surface area (TPSA) is 109 Å². The summed E-state index contributed by atoms with van der Waals surface area (Å²) < 4.78 is 0. The number of nitrogens with two attached hydrogens (primary N) is 1. The Bertz CT molecular complexity index is 436. The van der Waals surface area contributed by atoms with E-state index in [-0.39, 0.29) is 12.4 Å². The van der Waals surface area contributed by atoms with Gasteiger partial charge in [-0.05, 0) is 12.1 Å². The maximum atomic E-state index is 11.6. The molecule has 4 N–H and O–H groups in total. The van der Waals surface area contributed by atoms with Crippen LogP contribution in [0.5, 0.6) is 0 Å². The molecule has 1 atom stereocenters. The number of hydrogen-bond donors (Lipinski definition) is 3. The van der Waals surface area contributed by atoms with Crippen molar-refractivity contribution in [3.8, 4) is 0 Å². The molecule has 2 amide bonds. The lowest BCUT2D eigenvalue weighted by atomic mass is 10.1. The molecule has 0 aliphatic carbocycles. The molecule has 0 fully saturated rings. The number of halogens is 1. The van der Waals surface area contributed by atoms with Gasteiger partial charge in [-0.15, -0.1) is 12.4 Å². The second-order valence-corrected chi connectivity index (χ2v) is 3.40. The minimum absolute atomic E-state index is 0. The van der Waals surface area contributed by atoms with Gasteiger partial charge in [0, 0.05) is 5.56 Å². The van der Waals surface area contributed by atoms with Crippen LogP contribution in [-0.2, 0) is 9.59 Å². The van der Waals surface area contributed by atoms with Gasteiger partial charge in [0.15, 0.2) is 0 Å². The molecule has 18 heavy (non-hydrogen) atoms. The summed E-state index contributed by atoms with van der Waals surface area (Å²) in [6, 6.07) is 6.81. The van der Waals surface area contributed by atoms with Crippen molar-refractivity contribution in [3.63, 3.8) is 0 Å². The number of primary amides is 1. The van der Waals surface area contributed by atoms with Gasteiger partial charge in [0.1, 0.15) is 6.04 Å². The number of rotatable bonds is 5. The molecule has 1 rings (SSSR count). The van der Waals surface area contributed by atoms with Crippen LogP contribution in [0.15, 0.2) is 30.3 Å². The summed E-state index contributed by atoms with van der Waals surface area (Å²) in [4.78, 5) is 33.0. The largest absolute Gasteiger partial charge is 0.480 e. The number of carbonyl (C=O) groups is 3. The van der Waals surface area contributed by atoms with E-state index in [1.165, 1.54) is 0 Å². The van der Waals surface area contributed by atoms with E-state index in [9.17, 15) is 14.4 Å². The van der Waals surface area contributed by atoms with E-state index in [4.69, 9.17) is 10.8 Å². The molecule has 7 heteroatoms.